The van der Waals surface area contributed by atoms with E-state index in [-0.39, 0.29) is 11.8 Å². The third-order valence-electron chi connectivity index (χ3n) is 3.44. The molecule has 1 atom stereocenters. The summed E-state index contributed by atoms with van der Waals surface area (Å²) in [6, 6.07) is 8.04. The van der Waals surface area contributed by atoms with Crippen molar-refractivity contribution in [3.63, 3.8) is 0 Å². The second kappa shape index (κ2) is 5.32. The Bertz CT molecular complexity index is 399. The molecule has 1 aromatic rings. The fourth-order valence-corrected chi connectivity index (χ4v) is 2.03. The Balaban J connectivity index is 1.85. The molecule has 0 saturated heterocycles. The molecular formula is C14H20N2O. The zero-order valence-corrected chi connectivity index (χ0v) is 10.3. The molecule has 92 valence electrons. The van der Waals surface area contributed by atoms with Crippen LogP contribution in [0.3, 0.4) is 0 Å². The highest BCUT2D eigenvalue weighted by molar-refractivity contribution is 5.78. The van der Waals surface area contributed by atoms with Crippen molar-refractivity contribution in [1.29, 1.82) is 0 Å². The molecule has 0 aliphatic heterocycles. The van der Waals surface area contributed by atoms with Crippen LogP contribution in [0.4, 0.5) is 0 Å². The van der Waals surface area contributed by atoms with E-state index in [2.05, 4.69) is 5.32 Å². The second-order valence-corrected chi connectivity index (χ2v) is 4.87. The van der Waals surface area contributed by atoms with Crippen LogP contribution in [-0.2, 0) is 17.9 Å². The van der Waals surface area contributed by atoms with Gasteiger partial charge in [-0.2, -0.15) is 0 Å². The molecule has 3 N–H and O–H groups in total. The summed E-state index contributed by atoms with van der Waals surface area (Å²) in [6.45, 7) is 3.16. The van der Waals surface area contributed by atoms with Gasteiger partial charge in [-0.15, -0.1) is 0 Å². The number of carbonyl (C=O) groups is 1. The maximum absolute atomic E-state index is 11.8. The van der Waals surface area contributed by atoms with Crippen molar-refractivity contribution >= 4 is 5.91 Å². The molecule has 17 heavy (non-hydrogen) atoms. The highest BCUT2D eigenvalue weighted by Crippen LogP contribution is 2.36. The van der Waals surface area contributed by atoms with Gasteiger partial charge in [0.15, 0.2) is 0 Å². The minimum atomic E-state index is 0.160. The molecule has 1 aromatic carbocycles. The van der Waals surface area contributed by atoms with E-state index in [1.807, 2.05) is 31.2 Å². The molecule has 1 fully saturated rings. The van der Waals surface area contributed by atoms with Gasteiger partial charge in [-0.05, 0) is 29.9 Å². The number of carbonyl (C=O) groups excluding carboxylic acids is 1. The number of hydrogen-bond donors (Lipinski definition) is 2. The van der Waals surface area contributed by atoms with Gasteiger partial charge in [0.1, 0.15) is 0 Å². The lowest BCUT2D eigenvalue weighted by Gasteiger charge is -2.11. The summed E-state index contributed by atoms with van der Waals surface area (Å²) in [5.74, 6) is 0.948. The third kappa shape index (κ3) is 3.30. The smallest absolute Gasteiger partial charge is 0.223 e. The molecule has 2 rings (SSSR count). The van der Waals surface area contributed by atoms with Crippen LogP contribution in [0.2, 0.25) is 0 Å². The van der Waals surface area contributed by atoms with Gasteiger partial charge >= 0.3 is 0 Å². The van der Waals surface area contributed by atoms with Crippen LogP contribution >= 0.6 is 0 Å². The topological polar surface area (TPSA) is 55.1 Å². The van der Waals surface area contributed by atoms with Crippen molar-refractivity contribution in [2.24, 2.45) is 17.6 Å². The molecule has 0 spiro atoms. The number of hydrogen-bond acceptors (Lipinski definition) is 2. The maximum atomic E-state index is 11.8. The van der Waals surface area contributed by atoms with E-state index in [0.717, 1.165) is 11.1 Å². The largest absolute Gasteiger partial charge is 0.352 e. The molecule has 3 heteroatoms. The average molecular weight is 232 g/mol. The summed E-state index contributed by atoms with van der Waals surface area (Å²) >= 11 is 0. The van der Waals surface area contributed by atoms with Crippen LogP contribution in [0.15, 0.2) is 24.3 Å². The Hall–Kier alpha value is -1.35. The van der Waals surface area contributed by atoms with E-state index < -0.39 is 0 Å². The zero-order chi connectivity index (χ0) is 12.3. The molecule has 0 bridgehead atoms. The van der Waals surface area contributed by atoms with Crippen LogP contribution in [0.1, 0.15) is 30.9 Å². The first-order chi connectivity index (χ1) is 8.20. The third-order valence-corrected chi connectivity index (χ3v) is 3.44. The molecule has 1 amide bonds. The predicted octanol–water partition coefficient (Wildman–Crippen LogP) is 1.81. The van der Waals surface area contributed by atoms with E-state index in [1.54, 1.807) is 0 Å². The highest BCUT2D eigenvalue weighted by Gasteiger charge is 2.32. The van der Waals surface area contributed by atoms with Gasteiger partial charge in [-0.3, -0.25) is 4.79 Å². The van der Waals surface area contributed by atoms with E-state index in [9.17, 15) is 4.79 Å². The number of benzene rings is 1. The molecule has 1 aliphatic rings. The monoisotopic (exact) mass is 232 g/mol. The lowest BCUT2D eigenvalue weighted by molar-refractivity contribution is -0.125. The van der Waals surface area contributed by atoms with Gasteiger partial charge in [0.25, 0.3) is 0 Å². The SMILES string of the molecule is CC(C(=O)NCc1cccc(CN)c1)C1CC1. The first-order valence-corrected chi connectivity index (χ1v) is 6.26. The fraction of sp³-hybridized carbons (Fsp3) is 0.500. The summed E-state index contributed by atoms with van der Waals surface area (Å²) in [5, 5.41) is 2.99. The van der Waals surface area contributed by atoms with Crippen molar-refractivity contribution in [3.05, 3.63) is 35.4 Å². The Labute approximate surface area is 102 Å². The number of nitrogens with two attached hydrogens (primary N) is 1. The van der Waals surface area contributed by atoms with E-state index in [4.69, 9.17) is 5.73 Å². The van der Waals surface area contributed by atoms with Crippen molar-refractivity contribution < 1.29 is 4.79 Å². The normalized spacial score (nSPS) is 16.6. The number of rotatable bonds is 5. The zero-order valence-electron chi connectivity index (χ0n) is 10.3. The van der Waals surface area contributed by atoms with Gasteiger partial charge in [0, 0.05) is 19.0 Å². The Morgan fingerprint density at radius 2 is 2.18 bits per heavy atom. The lowest BCUT2D eigenvalue weighted by Crippen LogP contribution is -2.29. The minimum Gasteiger partial charge on any atom is -0.352 e. The van der Waals surface area contributed by atoms with Crippen molar-refractivity contribution in [3.8, 4) is 0 Å². The molecule has 1 saturated carbocycles. The molecule has 0 heterocycles. The van der Waals surface area contributed by atoms with E-state index in [0.29, 0.717) is 19.0 Å². The van der Waals surface area contributed by atoms with Gasteiger partial charge in [0.2, 0.25) is 5.91 Å². The summed E-state index contributed by atoms with van der Waals surface area (Å²) in [4.78, 5) is 11.8. The summed E-state index contributed by atoms with van der Waals surface area (Å²) < 4.78 is 0. The van der Waals surface area contributed by atoms with E-state index >= 15 is 0 Å². The molecule has 0 radical (unpaired) electrons. The Morgan fingerprint density at radius 1 is 1.47 bits per heavy atom. The summed E-state index contributed by atoms with van der Waals surface area (Å²) in [7, 11) is 0. The average Bonchev–Trinajstić information content (AvgIpc) is 3.19. The van der Waals surface area contributed by atoms with Crippen molar-refractivity contribution in [1.82, 2.24) is 5.32 Å². The molecular weight excluding hydrogens is 212 g/mol. The van der Waals surface area contributed by atoms with Crippen LogP contribution in [0.5, 0.6) is 0 Å². The quantitative estimate of drug-likeness (QED) is 0.813. The Morgan fingerprint density at radius 3 is 2.82 bits per heavy atom. The maximum Gasteiger partial charge on any atom is 0.223 e. The number of amides is 1. The molecule has 1 unspecified atom stereocenters. The second-order valence-electron chi connectivity index (χ2n) is 4.87. The van der Waals surface area contributed by atoms with E-state index in [1.165, 1.54) is 12.8 Å². The van der Waals surface area contributed by atoms with Crippen LogP contribution < -0.4 is 11.1 Å². The highest BCUT2D eigenvalue weighted by atomic mass is 16.1. The van der Waals surface area contributed by atoms with Crippen molar-refractivity contribution in [2.75, 3.05) is 0 Å². The molecule has 0 aromatic heterocycles. The summed E-state index contributed by atoms with van der Waals surface area (Å²) in [6.07, 6.45) is 2.41. The summed E-state index contributed by atoms with van der Waals surface area (Å²) in [5.41, 5.74) is 7.80. The number of nitrogens with one attached hydrogen (secondary N) is 1. The van der Waals surface area contributed by atoms with Crippen LogP contribution in [-0.4, -0.2) is 5.91 Å². The molecule has 3 nitrogen and oxygen atoms in total. The van der Waals surface area contributed by atoms with Crippen LogP contribution in [0, 0.1) is 11.8 Å². The minimum absolute atomic E-state index is 0.160. The fourth-order valence-electron chi connectivity index (χ4n) is 2.03. The lowest BCUT2D eigenvalue weighted by atomic mass is 10.1. The van der Waals surface area contributed by atoms with Gasteiger partial charge in [-0.1, -0.05) is 31.2 Å². The first kappa shape index (κ1) is 12.1. The van der Waals surface area contributed by atoms with Gasteiger partial charge < -0.3 is 11.1 Å². The van der Waals surface area contributed by atoms with Crippen LogP contribution in [0.25, 0.3) is 0 Å². The molecule has 1 aliphatic carbocycles. The Kier molecular flexibility index (Phi) is 3.79. The van der Waals surface area contributed by atoms with Gasteiger partial charge in [0.05, 0.1) is 0 Å². The van der Waals surface area contributed by atoms with Gasteiger partial charge in [-0.25, -0.2) is 0 Å². The first-order valence-electron chi connectivity index (χ1n) is 6.26. The predicted molar refractivity (Wildman–Crippen MR) is 68.1 cm³/mol. The van der Waals surface area contributed by atoms with Crippen molar-refractivity contribution in [2.45, 2.75) is 32.9 Å². The standard InChI is InChI=1S/C14H20N2O/c1-10(13-5-6-13)14(17)16-9-12-4-2-3-11(7-12)8-15/h2-4,7,10,13H,5-6,8-9,15H2,1H3,(H,16,17).